The molecule has 0 fully saturated rings. The van der Waals surface area contributed by atoms with Gasteiger partial charge < -0.3 is 9.30 Å². The van der Waals surface area contributed by atoms with Crippen molar-refractivity contribution in [3.63, 3.8) is 0 Å². The lowest BCUT2D eigenvalue weighted by molar-refractivity contribution is 0.102. The van der Waals surface area contributed by atoms with Crippen molar-refractivity contribution in [1.29, 1.82) is 0 Å². The average molecular weight is 388 g/mol. The van der Waals surface area contributed by atoms with Crippen LogP contribution in [0.25, 0.3) is 5.65 Å². The topological polar surface area (TPSA) is 74.3 Å². The first kappa shape index (κ1) is 19.6. The Balaban J connectivity index is 1.74. The number of carbonyl (C=O) groups is 1. The molecule has 3 rings (SSSR count). The summed E-state index contributed by atoms with van der Waals surface area (Å²) in [4.78, 5) is 17.3. The normalized spacial score (nSPS) is 11.4. The third kappa shape index (κ3) is 4.06. The summed E-state index contributed by atoms with van der Waals surface area (Å²) in [5.41, 5.74) is 4.54. The van der Waals surface area contributed by atoms with Gasteiger partial charge in [-0.25, -0.2) is 4.98 Å². The van der Waals surface area contributed by atoms with E-state index < -0.39 is 0 Å². The molecule has 0 aromatic carbocycles. The lowest BCUT2D eigenvalue weighted by Gasteiger charge is -2.09. The van der Waals surface area contributed by atoms with Crippen molar-refractivity contribution >= 4 is 23.2 Å². The third-order valence-electron chi connectivity index (χ3n) is 4.59. The highest BCUT2D eigenvalue weighted by Crippen LogP contribution is 2.22. The average Bonchev–Trinajstić information content (AvgIpc) is 3.15. The summed E-state index contributed by atoms with van der Waals surface area (Å²) in [6.07, 6.45) is 0.923. The van der Waals surface area contributed by atoms with Crippen LogP contribution in [0.3, 0.4) is 0 Å². The minimum absolute atomic E-state index is 0.0977. The van der Waals surface area contributed by atoms with Crippen LogP contribution in [-0.4, -0.2) is 49.4 Å². The molecule has 144 valence electrons. The summed E-state index contributed by atoms with van der Waals surface area (Å²) in [5.74, 6) is 1.23. The molecule has 3 heterocycles. The molecule has 0 aliphatic rings. The molecular weight excluding hydrogens is 362 g/mol. The smallest absolute Gasteiger partial charge is 0.197 e. The number of Topliss-reactive ketones (excluding diaryl/α,β-unsaturated/α-hetero) is 1. The fourth-order valence-corrected chi connectivity index (χ4v) is 4.17. The molecule has 0 unspecified atom stereocenters. The number of carbonyl (C=O) groups excluding carboxylic acids is 1. The Hall–Kier alpha value is -2.19. The van der Waals surface area contributed by atoms with Crippen LogP contribution in [0.1, 0.15) is 39.7 Å². The second kappa shape index (κ2) is 8.22. The molecule has 0 spiro atoms. The van der Waals surface area contributed by atoms with E-state index >= 15 is 0 Å². The fraction of sp³-hybridized carbons (Fsp3) is 0.474. The Bertz CT molecular complexity index is 976. The van der Waals surface area contributed by atoms with Gasteiger partial charge in [0.25, 0.3) is 0 Å². The van der Waals surface area contributed by atoms with Crippen molar-refractivity contribution in [3.8, 4) is 0 Å². The maximum atomic E-state index is 12.8. The number of methoxy groups -OCH3 is 1. The molecular formula is C19H25N5O2S. The van der Waals surface area contributed by atoms with Gasteiger partial charge in [0.1, 0.15) is 5.82 Å². The van der Waals surface area contributed by atoms with Gasteiger partial charge in [-0.1, -0.05) is 11.8 Å². The first-order valence-electron chi connectivity index (χ1n) is 8.93. The van der Waals surface area contributed by atoms with Gasteiger partial charge in [-0.05, 0) is 40.2 Å². The summed E-state index contributed by atoms with van der Waals surface area (Å²) in [6.45, 7) is 9.45. The third-order valence-corrected chi connectivity index (χ3v) is 5.52. The van der Waals surface area contributed by atoms with E-state index in [1.807, 2.05) is 44.2 Å². The number of aromatic nitrogens is 5. The first-order valence-corrected chi connectivity index (χ1v) is 9.92. The van der Waals surface area contributed by atoms with E-state index in [-0.39, 0.29) is 5.78 Å². The van der Waals surface area contributed by atoms with Gasteiger partial charge in [0.15, 0.2) is 16.6 Å². The second-order valence-corrected chi connectivity index (χ2v) is 7.56. The number of hydrogen-bond donors (Lipinski definition) is 0. The van der Waals surface area contributed by atoms with Gasteiger partial charge in [0.05, 0.1) is 5.75 Å². The molecule has 0 bridgehead atoms. The Kier molecular flexibility index (Phi) is 5.96. The van der Waals surface area contributed by atoms with E-state index in [2.05, 4.69) is 19.7 Å². The maximum absolute atomic E-state index is 12.8. The minimum Gasteiger partial charge on any atom is -0.385 e. The van der Waals surface area contributed by atoms with Crippen LogP contribution in [-0.2, 0) is 11.3 Å². The Morgan fingerprint density at radius 3 is 2.70 bits per heavy atom. The molecule has 3 aromatic heterocycles. The highest BCUT2D eigenvalue weighted by Gasteiger charge is 2.18. The maximum Gasteiger partial charge on any atom is 0.197 e. The van der Waals surface area contributed by atoms with Gasteiger partial charge in [0.2, 0.25) is 0 Å². The van der Waals surface area contributed by atoms with Crippen LogP contribution in [0.5, 0.6) is 0 Å². The van der Waals surface area contributed by atoms with Crippen LogP contribution in [0.15, 0.2) is 17.3 Å². The number of rotatable bonds is 8. The fourth-order valence-electron chi connectivity index (χ4n) is 3.30. The molecule has 7 nitrogen and oxygen atoms in total. The quantitative estimate of drug-likeness (QED) is 0.336. The number of aryl methyl sites for hydroxylation is 3. The molecule has 0 saturated carbocycles. The highest BCUT2D eigenvalue weighted by molar-refractivity contribution is 7.99. The molecule has 0 saturated heterocycles. The van der Waals surface area contributed by atoms with E-state index in [9.17, 15) is 4.79 Å². The predicted octanol–water partition coefficient (Wildman–Crippen LogP) is 3.17. The molecule has 0 aliphatic carbocycles. The Morgan fingerprint density at radius 1 is 1.19 bits per heavy atom. The monoisotopic (exact) mass is 387 g/mol. The van der Waals surface area contributed by atoms with Gasteiger partial charge >= 0.3 is 0 Å². The van der Waals surface area contributed by atoms with Crippen molar-refractivity contribution in [1.82, 2.24) is 24.1 Å². The largest absolute Gasteiger partial charge is 0.385 e. The number of ether oxygens (including phenoxy) is 1. The Labute approximate surface area is 163 Å². The lowest BCUT2D eigenvalue weighted by atomic mass is 10.2. The van der Waals surface area contributed by atoms with E-state index in [0.717, 1.165) is 47.1 Å². The van der Waals surface area contributed by atoms with Crippen molar-refractivity contribution in [3.05, 3.63) is 40.6 Å². The Morgan fingerprint density at radius 2 is 1.96 bits per heavy atom. The van der Waals surface area contributed by atoms with Crippen molar-refractivity contribution in [2.24, 2.45) is 0 Å². The summed E-state index contributed by atoms with van der Waals surface area (Å²) in [6, 6.07) is 3.86. The molecule has 0 radical (unpaired) electrons. The van der Waals surface area contributed by atoms with Gasteiger partial charge in [0, 0.05) is 49.0 Å². The van der Waals surface area contributed by atoms with Gasteiger partial charge in [-0.15, -0.1) is 10.2 Å². The number of thioether (sulfide) groups is 1. The van der Waals surface area contributed by atoms with Crippen molar-refractivity contribution in [2.45, 2.75) is 45.8 Å². The van der Waals surface area contributed by atoms with Gasteiger partial charge in [-0.2, -0.15) is 0 Å². The highest BCUT2D eigenvalue weighted by atomic mass is 32.2. The summed E-state index contributed by atoms with van der Waals surface area (Å²) in [7, 11) is 1.70. The summed E-state index contributed by atoms with van der Waals surface area (Å²) >= 11 is 1.40. The van der Waals surface area contributed by atoms with Crippen molar-refractivity contribution < 1.29 is 9.53 Å². The van der Waals surface area contributed by atoms with Crippen LogP contribution < -0.4 is 0 Å². The molecule has 0 aliphatic heterocycles. The van der Waals surface area contributed by atoms with E-state index in [0.29, 0.717) is 17.5 Å². The van der Waals surface area contributed by atoms with Crippen molar-refractivity contribution in [2.75, 3.05) is 19.5 Å². The molecule has 27 heavy (non-hydrogen) atoms. The molecule has 3 aromatic rings. The predicted molar refractivity (Wildman–Crippen MR) is 106 cm³/mol. The number of nitrogens with zero attached hydrogens (tertiary/aromatic N) is 5. The zero-order valence-corrected chi connectivity index (χ0v) is 17.3. The number of fused-ring (bicyclic) bond motifs is 1. The molecule has 0 amide bonds. The molecule has 0 N–H and O–H groups in total. The van der Waals surface area contributed by atoms with E-state index in [1.165, 1.54) is 11.8 Å². The van der Waals surface area contributed by atoms with Crippen LogP contribution in [0.2, 0.25) is 0 Å². The first-order chi connectivity index (χ1) is 12.9. The SMILES string of the molecule is COCCCn1c(C)cc(C(=O)CSc2nnc3cc(C)nc(C)n23)c1C. The number of ketones is 1. The van der Waals surface area contributed by atoms with E-state index in [4.69, 9.17) is 4.74 Å². The standard InChI is InChI=1S/C19H25N5O2S/c1-12-9-18-21-22-19(24(18)15(4)20-12)27-11-17(25)16-10-13(2)23(14(16)3)7-6-8-26-5/h9-10H,6-8,11H2,1-5H3. The van der Waals surface area contributed by atoms with Crippen LogP contribution >= 0.6 is 11.8 Å². The van der Waals surface area contributed by atoms with Crippen LogP contribution in [0, 0.1) is 27.7 Å². The summed E-state index contributed by atoms with van der Waals surface area (Å²) < 4.78 is 9.19. The van der Waals surface area contributed by atoms with Crippen LogP contribution in [0.4, 0.5) is 0 Å². The van der Waals surface area contributed by atoms with Gasteiger partial charge in [-0.3, -0.25) is 9.20 Å². The minimum atomic E-state index is 0.0977. The molecule has 8 heteroatoms. The summed E-state index contributed by atoms with van der Waals surface area (Å²) in [5, 5.41) is 9.11. The number of hydrogen-bond acceptors (Lipinski definition) is 6. The lowest BCUT2D eigenvalue weighted by Crippen LogP contribution is -2.08. The second-order valence-electron chi connectivity index (χ2n) is 6.62. The van der Waals surface area contributed by atoms with E-state index in [1.54, 1.807) is 7.11 Å². The zero-order chi connectivity index (χ0) is 19.6. The molecule has 0 atom stereocenters. The zero-order valence-electron chi connectivity index (χ0n) is 16.4.